The van der Waals surface area contributed by atoms with E-state index in [4.69, 9.17) is 23.4 Å². The molecule has 1 aromatic carbocycles. The van der Waals surface area contributed by atoms with E-state index in [2.05, 4.69) is 19.9 Å². The molecule has 0 spiro atoms. The van der Waals surface area contributed by atoms with Crippen molar-refractivity contribution in [2.45, 2.75) is 115 Å². The molecule has 1 aromatic heterocycles. The second-order valence-corrected chi connectivity index (χ2v) is 15.4. The van der Waals surface area contributed by atoms with Gasteiger partial charge in [0.25, 0.3) is 0 Å². The molecule has 7 rings (SSSR count). The zero-order valence-electron chi connectivity index (χ0n) is 28.4. The highest BCUT2D eigenvalue weighted by atomic mass is 16.7. The highest BCUT2D eigenvalue weighted by molar-refractivity contribution is 5.89. The van der Waals surface area contributed by atoms with Gasteiger partial charge < -0.3 is 28.5 Å². The fourth-order valence-electron chi connectivity index (χ4n) is 10.3. The van der Waals surface area contributed by atoms with E-state index in [1.54, 1.807) is 30.5 Å². The maximum Gasteiger partial charge on any atom is 0.338 e. The molecule has 0 radical (unpaired) electrons. The average molecular weight is 661 g/mol. The third-order valence-corrected chi connectivity index (χ3v) is 12.9. The zero-order valence-corrected chi connectivity index (χ0v) is 28.4. The summed E-state index contributed by atoms with van der Waals surface area (Å²) in [7, 11) is 0. The molecule has 2 aromatic rings. The molecule has 0 amide bonds. The van der Waals surface area contributed by atoms with Crippen LogP contribution in [0, 0.1) is 28.6 Å². The van der Waals surface area contributed by atoms with Crippen LogP contribution in [-0.2, 0) is 23.7 Å². The lowest BCUT2D eigenvalue weighted by Gasteiger charge is -2.62. The maximum atomic E-state index is 13.2. The molecule has 258 valence electrons. The average Bonchev–Trinajstić information content (AvgIpc) is 3.35. The van der Waals surface area contributed by atoms with Gasteiger partial charge in [0, 0.05) is 24.3 Å². The number of hydrogen-bond donors (Lipinski definition) is 1. The molecule has 2 heterocycles. The van der Waals surface area contributed by atoms with Gasteiger partial charge in [0.2, 0.25) is 0 Å². The van der Waals surface area contributed by atoms with Crippen LogP contribution < -0.4 is 5.63 Å². The van der Waals surface area contributed by atoms with Gasteiger partial charge in [-0.05, 0) is 98.3 Å². The van der Waals surface area contributed by atoms with E-state index in [9.17, 15) is 19.5 Å². The number of fused-ring (bicyclic) bond motifs is 5. The van der Waals surface area contributed by atoms with Gasteiger partial charge in [-0.1, -0.05) is 50.6 Å². The van der Waals surface area contributed by atoms with Gasteiger partial charge in [0.15, 0.2) is 12.4 Å². The topological polar surface area (TPSA) is 122 Å². The molecule has 9 nitrogen and oxygen atoms in total. The molecule has 3 unspecified atom stereocenters. The largest absolute Gasteiger partial charge is 0.458 e. The van der Waals surface area contributed by atoms with E-state index in [0.29, 0.717) is 18.1 Å². The van der Waals surface area contributed by atoms with Crippen molar-refractivity contribution in [2.24, 2.45) is 28.6 Å². The quantitative estimate of drug-likeness (QED) is 0.280. The molecule has 1 saturated heterocycles. The van der Waals surface area contributed by atoms with Crippen LogP contribution in [0.5, 0.6) is 0 Å². The third kappa shape index (κ3) is 5.56. The van der Waals surface area contributed by atoms with Crippen molar-refractivity contribution < 1.29 is 38.1 Å². The minimum atomic E-state index is -0.925. The second-order valence-electron chi connectivity index (χ2n) is 15.4. The lowest BCUT2D eigenvalue weighted by molar-refractivity contribution is -0.271. The zero-order chi connectivity index (χ0) is 33.8. The maximum absolute atomic E-state index is 13.2. The highest BCUT2D eigenvalue weighted by Gasteiger charge is 2.66. The molecule has 4 fully saturated rings. The highest BCUT2D eigenvalue weighted by Crippen LogP contribution is 2.70. The molecule has 4 aliphatic carbocycles. The van der Waals surface area contributed by atoms with Gasteiger partial charge in [-0.25, -0.2) is 9.59 Å². The third-order valence-electron chi connectivity index (χ3n) is 12.9. The molecule has 11 atom stereocenters. The number of aliphatic hydroxyl groups is 1. The lowest BCUT2D eigenvalue weighted by atomic mass is 9.45. The molecule has 3 saturated carbocycles. The summed E-state index contributed by atoms with van der Waals surface area (Å²) in [5.41, 5.74) is 1.30. The van der Waals surface area contributed by atoms with E-state index in [0.717, 1.165) is 56.9 Å². The number of hydrogen-bond acceptors (Lipinski definition) is 9. The standard InChI is InChI=1S/C39H48O9/c1-23-21-45-36(34(33(23)46-24(2)40)48-35(42)25-8-6-5-7-9-25)47-28-14-17-37(3)27(20-28)11-12-31-30(37)15-18-38(4)29(16-19-39(31,38)43)26-10-13-32(41)44-22-26/h5-10,13,20,22-23,28-31,33-34,36,43H,11-12,14-19,21H2,1-4H3/t23-,28-,29+,30?,31?,33-,34-,36?,37-,38+,39-/m0/s1. The fraction of sp³-hybridized carbons (Fsp3) is 0.615. The van der Waals surface area contributed by atoms with Crippen LogP contribution in [0.4, 0.5) is 0 Å². The first-order valence-electron chi connectivity index (χ1n) is 17.7. The predicted octanol–water partition coefficient (Wildman–Crippen LogP) is 6.34. The summed E-state index contributed by atoms with van der Waals surface area (Å²) in [6.07, 6.45) is 8.11. The Morgan fingerprint density at radius 1 is 0.917 bits per heavy atom. The molecular weight excluding hydrogens is 612 g/mol. The number of carbonyl (C=O) groups excluding carboxylic acids is 2. The van der Waals surface area contributed by atoms with Crippen LogP contribution in [0.3, 0.4) is 0 Å². The number of allylic oxidation sites excluding steroid dienone is 1. The monoisotopic (exact) mass is 660 g/mol. The Morgan fingerprint density at radius 3 is 2.44 bits per heavy atom. The summed E-state index contributed by atoms with van der Waals surface area (Å²) in [5, 5.41) is 12.6. The molecular formula is C39H48O9. The van der Waals surface area contributed by atoms with Crippen molar-refractivity contribution in [1.29, 1.82) is 0 Å². The summed E-state index contributed by atoms with van der Waals surface area (Å²) in [5.74, 6) is -0.474. The summed E-state index contributed by atoms with van der Waals surface area (Å²) in [6, 6.07) is 12.1. The number of benzene rings is 1. The van der Waals surface area contributed by atoms with Crippen LogP contribution in [0.25, 0.3) is 0 Å². The molecule has 1 aliphatic heterocycles. The van der Waals surface area contributed by atoms with E-state index in [1.807, 2.05) is 19.1 Å². The Labute approximate surface area is 282 Å². The van der Waals surface area contributed by atoms with Crippen LogP contribution in [-0.4, -0.2) is 53.9 Å². The smallest absolute Gasteiger partial charge is 0.338 e. The second kappa shape index (κ2) is 12.6. The van der Waals surface area contributed by atoms with Gasteiger partial charge in [-0.3, -0.25) is 4.79 Å². The van der Waals surface area contributed by atoms with Gasteiger partial charge in [0.05, 0.1) is 30.1 Å². The van der Waals surface area contributed by atoms with Crippen molar-refractivity contribution in [3.8, 4) is 0 Å². The van der Waals surface area contributed by atoms with E-state index in [-0.39, 0.29) is 40.3 Å². The number of carbonyl (C=O) groups is 2. The van der Waals surface area contributed by atoms with E-state index < -0.39 is 36.0 Å². The molecule has 48 heavy (non-hydrogen) atoms. The normalized spacial score (nSPS) is 40.5. The van der Waals surface area contributed by atoms with Gasteiger partial charge in [0.1, 0.15) is 6.10 Å². The molecule has 9 heteroatoms. The Bertz CT molecular complexity index is 1600. The first-order chi connectivity index (χ1) is 22.9. The lowest BCUT2D eigenvalue weighted by Crippen LogP contribution is -2.60. The predicted molar refractivity (Wildman–Crippen MR) is 176 cm³/mol. The van der Waals surface area contributed by atoms with Crippen LogP contribution in [0.15, 0.2) is 69.6 Å². The van der Waals surface area contributed by atoms with E-state index in [1.165, 1.54) is 18.6 Å². The SMILES string of the molecule is CC(=O)O[C@@H]1[C@H](OC(=O)c2ccccc2)C(O[C@@H]2C=C3CCC4C(CC[C@]5(C)[C@@H](c6ccc(=O)oc6)CC[C@]45O)[C@@]3(C)CC2)OC[C@@H]1C. The number of esters is 2. The Kier molecular flexibility index (Phi) is 8.70. The fourth-order valence-corrected chi connectivity index (χ4v) is 10.3. The molecule has 1 N–H and O–H groups in total. The minimum absolute atomic E-state index is 0.0567. The van der Waals surface area contributed by atoms with Crippen LogP contribution in [0.2, 0.25) is 0 Å². The first kappa shape index (κ1) is 33.2. The Morgan fingerprint density at radius 2 is 1.71 bits per heavy atom. The Balaban J connectivity index is 1.09. The van der Waals surface area contributed by atoms with Gasteiger partial charge in [-0.2, -0.15) is 0 Å². The Hall–Kier alpha value is -3.27. The van der Waals surface area contributed by atoms with Crippen molar-refractivity contribution in [2.75, 3.05) is 6.61 Å². The summed E-state index contributed by atoms with van der Waals surface area (Å²) >= 11 is 0. The van der Waals surface area contributed by atoms with E-state index >= 15 is 0 Å². The minimum Gasteiger partial charge on any atom is -0.458 e. The van der Waals surface area contributed by atoms with Gasteiger partial charge >= 0.3 is 17.6 Å². The first-order valence-corrected chi connectivity index (χ1v) is 17.7. The van der Waals surface area contributed by atoms with Crippen molar-refractivity contribution in [3.63, 3.8) is 0 Å². The van der Waals surface area contributed by atoms with Crippen molar-refractivity contribution in [1.82, 2.24) is 0 Å². The number of ether oxygens (including phenoxy) is 4. The summed E-state index contributed by atoms with van der Waals surface area (Å²) in [6.45, 7) is 8.19. The van der Waals surface area contributed by atoms with Crippen LogP contribution >= 0.6 is 0 Å². The van der Waals surface area contributed by atoms with Gasteiger partial charge in [-0.15, -0.1) is 0 Å². The van der Waals surface area contributed by atoms with Crippen molar-refractivity contribution >= 4 is 11.9 Å². The van der Waals surface area contributed by atoms with Crippen molar-refractivity contribution in [3.05, 3.63) is 81.9 Å². The summed E-state index contributed by atoms with van der Waals surface area (Å²) in [4.78, 5) is 36.9. The van der Waals surface area contributed by atoms with Crippen LogP contribution in [0.1, 0.15) is 101 Å². The molecule has 5 aliphatic rings. The summed E-state index contributed by atoms with van der Waals surface area (Å²) < 4.78 is 29.7. The molecule has 0 bridgehead atoms. The number of rotatable bonds is 6.